The summed E-state index contributed by atoms with van der Waals surface area (Å²) in [4.78, 5) is 2.66. The highest BCUT2D eigenvalue weighted by Crippen LogP contribution is 2.38. The summed E-state index contributed by atoms with van der Waals surface area (Å²) in [7, 11) is 0. The average molecular weight is 272 g/mol. The van der Waals surface area contributed by atoms with Crippen LogP contribution in [0.5, 0.6) is 0 Å². The van der Waals surface area contributed by atoms with Crippen LogP contribution in [0.2, 0.25) is 0 Å². The summed E-state index contributed by atoms with van der Waals surface area (Å²) in [5, 5.41) is 0. The normalized spacial score (nSPS) is 28.9. The quantitative estimate of drug-likeness (QED) is 0.912. The van der Waals surface area contributed by atoms with E-state index < -0.39 is 0 Å². The fourth-order valence-corrected chi connectivity index (χ4v) is 4.35. The summed E-state index contributed by atoms with van der Waals surface area (Å²) >= 11 is 0. The van der Waals surface area contributed by atoms with Crippen LogP contribution in [-0.4, -0.2) is 24.5 Å². The summed E-state index contributed by atoms with van der Waals surface area (Å²) in [6, 6.07) is 9.17. The number of nitrogens with zero attached hydrogens (tertiary/aromatic N) is 1. The van der Waals surface area contributed by atoms with Gasteiger partial charge in [0.05, 0.1) is 0 Å². The van der Waals surface area contributed by atoms with Gasteiger partial charge in [0.1, 0.15) is 0 Å². The van der Waals surface area contributed by atoms with Gasteiger partial charge in [0.2, 0.25) is 0 Å². The molecular formula is C18H28N2. The first-order chi connectivity index (χ1) is 9.79. The van der Waals surface area contributed by atoms with Gasteiger partial charge in [0.25, 0.3) is 0 Å². The van der Waals surface area contributed by atoms with E-state index in [-0.39, 0.29) is 0 Å². The lowest BCUT2D eigenvalue weighted by Crippen LogP contribution is -2.45. The van der Waals surface area contributed by atoms with Crippen LogP contribution in [0.3, 0.4) is 0 Å². The zero-order valence-corrected chi connectivity index (χ0v) is 12.7. The number of hydrogen-bond acceptors (Lipinski definition) is 2. The molecule has 0 radical (unpaired) electrons. The molecule has 0 spiro atoms. The third kappa shape index (κ3) is 2.77. The molecule has 2 aliphatic rings. The third-order valence-electron chi connectivity index (χ3n) is 5.53. The topological polar surface area (TPSA) is 29.3 Å². The molecule has 3 unspecified atom stereocenters. The lowest BCUT2D eigenvalue weighted by molar-refractivity contribution is 0.0584. The molecule has 1 aromatic carbocycles. The molecule has 20 heavy (non-hydrogen) atoms. The molecule has 2 heteroatoms. The van der Waals surface area contributed by atoms with E-state index in [0.29, 0.717) is 6.04 Å². The Bertz CT molecular complexity index is 443. The molecule has 3 rings (SSSR count). The summed E-state index contributed by atoms with van der Waals surface area (Å²) in [6.07, 6.45) is 7.18. The van der Waals surface area contributed by atoms with Gasteiger partial charge in [-0.1, -0.05) is 43.5 Å². The Morgan fingerprint density at radius 2 is 1.90 bits per heavy atom. The molecule has 1 saturated heterocycles. The van der Waals surface area contributed by atoms with Gasteiger partial charge in [-0.3, -0.25) is 4.90 Å². The maximum atomic E-state index is 6.13. The average Bonchev–Trinajstić information content (AvgIpc) is 2.50. The highest BCUT2D eigenvalue weighted by Gasteiger charge is 2.34. The smallest absolute Gasteiger partial charge is 0.0473 e. The number of piperidine rings is 1. The number of likely N-dealkylation sites (tertiary alicyclic amines) is 1. The van der Waals surface area contributed by atoms with Crippen molar-refractivity contribution in [1.29, 1.82) is 0 Å². The van der Waals surface area contributed by atoms with E-state index in [9.17, 15) is 0 Å². The van der Waals surface area contributed by atoms with Crippen molar-refractivity contribution in [1.82, 2.24) is 4.90 Å². The van der Waals surface area contributed by atoms with Crippen LogP contribution in [0.15, 0.2) is 24.3 Å². The molecule has 1 aromatic rings. The van der Waals surface area contributed by atoms with E-state index in [1.54, 1.807) is 0 Å². The Kier molecular flexibility index (Phi) is 4.42. The van der Waals surface area contributed by atoms with E-state index in [4.69, 9.17) is 5.73 Å². The maximum Gasteiger partial charge on any atom is 0.0473 e. The number of aryl methyl sites for hydroxylation is 1. The molecule has 1 aliphatic carbocycles. The lowest BCUT2D eigenvalue weighted by atomic mass is 9.74. The van der Waals surface area contributed by atoms with E-state index >= 15 is 0 Å². The molecule has 2 N–H and O–H groups in total. The van der Waals surface area contributed by atoms with Gasteiger partial charge in [-0.25, -0.2) is 0 Å². The molecule has 0 amide bonds. The number of benzene rings is 1. The van der Waals surface area contributed by atoms with E-state index in [0.717, 1.165) is 18.4 Å². The van der Waals surface area contributed by atoms with Gasteiger partial charge in [0.15, 0.2) is 0 Å². The van der Waals surface area contributed by atoms with E-state index in [1.165, 1.54) is 56.3 Å². The van der Waals surface area contributed by atoms with Crippen molar-refractivity contribution >= 4 is 0 Å². The minimum Gasteiger partial charge on any atom is -0.329 e. The van der Waals surface area contributed by atoms with Crippen molar-refractivity contribution in [3.05, 3.63) is 35.4 Å². The zero-order chi connectivity index (χ0) is 13.9. The number of rotatable bonds is 3. The fraction of sp³-hybridized carbons (Fsp3) is 0.667. The minimum atomic E-state index is 0.416. The number of hydrogen-bond donors (Lipinski definition) is 1. The Balaban J connectivity index is 1.75. The summed E-state index contributed by atoms with van der Waals surface area (Å²) in [5.41, 5.74) is 8.95. The number of fused-ring (bicyclic) bond motifs is 1. The lowest BCUT2D eigenvalue weighted by Gasteiger charge is -2.44. The van der Waals surface area contributed by atoms with Crippen LogP contribution in [-0.2, 0) is 0 Å². The molecule has 0 bridgehead atoms. The van der Waals surface area contributed by atoms with E-state index in [1.807, 2.05) is 0 Å². The fourth-order valence-electron chi connectivity index (χ4n) is 4.35. The van der Waals surface area contributed by atoms with Crippen molar-refractivity contribution in [2.75, 3.05) is 19.6 Å². The third-order valence-corrected chi connectivity index (χ3v) is 5.53. The van der Waals surface area contributed by atoms with Crippen molar-refractivity contribution in [2.45, 2.75) is 45.1 Å². The monoisotopic (exact) mass is 272 g/mol. The molecule has 110 valence electrons. The van der Waals surface area contributed by atoms with E-state index in [2.05, 4.69) is 36.1 Å². The Labute approximate surface area is 123 Å². The first kappa shape index (κ1) is 14.1. The van der Waals surface area contributed by atoms with Crippen LogP contribution in [0.1, 0.15) is 49.3 Å². The molecule has 2 nitrogen and oxygen atoms in total. The molecule has 1 aliphatic heterocycles. The summed E-state index contributed by atoms with van der Waals surface area (Å²) in [6.45, 7) is 5.45. The Morgan fingerprint density at radius 3 is 2.65 bits per heavy atom. The van der Waals surface area contributed by atoms with Crippen LogP contribution >= 0.6 is 0 Å². The van der Waals surface area contributed by atoms with Gasteiger partial charge in [-0.15, -0.1) is 0 Å². The van der Waals surface area contributed by atoms with Crippen molar-refractivity contribution in [3.8, 4) is 0 Å². The standard InChI is InChI=1S/C18H28N2/c1-14-6-2-5-9-17(14)18(12-19)20-11-10-15-7-3-4-8-16(15)13-20/h2,5-6,9,15-16,18H,3-4,7-8,10-13,19H2,1H3. The predicted molar refractivity (Wildman–Crippen MR) is 84.6 cm³/mol. The van der Waals surface area contributed by atoms with Gasteiger partial charge in [-0.05, 0) is 49.3 Å². The van der Waals surface area contributed by atoms with Crippen LogP contribution < -0.4 is 5.73 Å². The van der Waals surface area contributed by atoms with Crippen LogP contribution in [0.4, 0.5) is 0 Å². The van der Waals surface area contributed by atoms with Gasteiger partial charge in [-0.2, -0.15) is 0 Å². The summed E-state index contributed by atoms with van der Waals surface area (Å²) in [5.74, 6) is 1.92. The highest BCUT2D eigenvalue weighted by molar-refractivity contribution is 5.29. The Hall–Kier alpha value is -0.860. The predicted octanol–water partition coefficient (Wildman–Crippen LogP) is 3.51. The maximum absolute atomic E-state index is 6.13. The minimum absolute atomic E-state index is 0.416. The molecule has 1 heterocycles. The van der Waals surface area contributed by atoms with Crippen molar-refractivity contribution in [3.63, 3.8) is 0 Å². The summed E-state index contributed by atoms with van der Waals surface area (Å²) < 4.78 is 0. The second kappa shape index (κ2) is 6.28. The zero-order valence-electron chi connectivity index (χ0n) is 12.7. The molecular weight excluding hydrogens is 244 g/mol. The first-order valence-corrected chi connectivity index (χ1v) is 8.29. The molecule has 1 saturated carbocycles. The van der Waals surface area contributed by atoms with Crippen LogP contribution in [0.25, 0.3) is 0 Å². The SMILES string of the molecule is Cc1ccccc1C(CN)N1CCC2CCCCC2C1. The highest BCUT2D eigenvalue weighted by atomic mass is 15.2. The van der Waals surface area contributed by atoms with Crippen molar-refractivity contribution < 1.29 is 0 Å². The second-order valence-corrected chi connectivity index (χ2v) is 6.70. The van der Waals surface area contributed by atoms with Crippen molar-refractivity contribution in [2.24, 2.45) is 17.6 Å². The number of nitrogens with two attached hydrogens (primary N) is 1. The van der Waals surface area contributed by atoms with Gasteiger partial charge >= 0.3 is 0 Å². The first-order valence-electron chi connectivity index (χ1n) is 8.29. The van der Waals surface area contributed by atoms with Crippen LogP contribution in [0, 0.1) is 18.8 Å². The van der Waals surface area contributed by atoms with Gasteiger partial charge in [0, 0.05) is 19.1 Å². The molecule has 0 aromatic heterocycles. The largest absolute Gasteiger partial charge is 0.329 e. The van der Waals surface area contributed by atoms with Gasteiger partial charge < -0.3 is 5.73 Å². The molecule has 3 atom stereocenters. The molecule has 2 fully saturated rings. The Morgan fingerprint density at radius 1 is 1.15 bits per heavy atom. The second-order valence-electron chi connectivity index (χ2n) is 6.70.